The SMILES string of the molecule is COC(=O)c1nc(CF)c(OC(F)(F)F)cc1O. The molecule has 9 heteroatoms. The molecule has 0 aromatic carbocycles. The predicted octanol–water partition coefficient (Wildman–Crippen LogP) is 1.94. The van der Waals surface area contributed by atoms with Gasteiger partial charge in [-0.1, -0.05) is 0 Å². The Morgan fingerprint density at radius 2 is 2.11 bits per heavy atom. The molecule has 0 aliphatic heterocycles. The van der Waals surface area contributed by atoms with Crippen molar-refractivity contribution in [3.05, 3.63) is 17.5 Å². The van der Waals surface area contributed by atoms with E-state index in [4.69, 9.17) is 0 Å². The van der Waals surface area contributed by atoms with E-state index in [2.05, 4.69) is 14.5 Å². The van der Waals surface area contributed by atoms with Crippen molar-refractivity contribution in [3.8, 4) is 11.5 Å². The van der Waals surface area contributed by atoms with Gasteiger partial charge in [0.25, 0.3) is 0 Å². The van der Waals surface area contributed by atoms with Gasteiger partial charge in [-0.05, 0) is 0 Å². The van der Waals surface area contributed by atoms with E-state index in [1.54, 1.807) is 0 Å². The number of rotatable bonds is 3. The number of hydrogen-bond donors (Lipinski definition) is 1. The van der Waals surface area contributed by atoms with Crippen molar-refractivity contribution in [1.29, 1.82) is 0 Å². The van der Waals surface area contributed by atoms with Crippen molar-refractivity contribution in [2.45, 2.75) is 13.0 Å². The van der Waals surface area contributed by atoms with E-state index in [9.17, 15) is 27.5 Å². The Morgan fingerprint density at radius 3 is 2.56 bits per heavy atom. The lowest BCUT2D eigenvalue weighted by molar-refractivity contribution is -0.275. The van der Waals surface area contributed by atoms with Gasteiger partial charge in [0, 0.05) is 6.07 Å². The average Bonchev–Trinajstić information content (AvgIpc) is 2.26. The first kappa shape index (κ1) is 14.0. The van der Waals surface area contributed by atoms with Crippen LogP contribution in [0.1, 0.15) is 16.2 Å². The lowest BCUT2D eigenvalue weighted by Crippen LogP contribution is -2.19. The maximum Gasteiger partial charge on any atom is 0.573 e. The molecule has 0 amide bonds. The third-order valence-corrected chi connectivity index (χ3v) is 1.77. The van der Waals surface area contributed by atoms with Crippen molar-refractivity contribution >= 4 is 5.97 Å². The fourth-order valence-corrected chi connectivity index (χ4v) is 1.08. The predicted molar refractivity (Wildman–Crippen MR) is 48.7 cm³/mol. The van der Waals surface area contributed by atoms with Gasteiger partial charge >= 0.3 is 12.3 Å². The van der Waals surface area contributed by atoms with E-state index >= 15 is 0 Å². The summed E-state index contributed by atoms with van der Waals surface area (Å²) >= 11 is 0. The van der Waals surface area contributed by atoms with Crippen LogP contribution in [0.15, 0.2) is 6.07 Å². The van der Waals surface area contributed by atoms with E-state index < -0.39 is 41.9 Å². The van der Waals surface area contributed by atoms with Gasteiger partial charge in [-0.25, -0.2) is 14.2 Å². The van der Waals surface area contributed by atoms with Crippen LogP contribution in [0.4, 0.5) is 17.6 Å². The molecule has 0 fully saturated rings. The smallest absolute Gasteiger partial charge is 0.505 e. The first-order valence-corrected chi connectivity index (χ1v) is 4.41. The van der Waals surface area contributed by atoms with Crippen molar-refractivity contribution < 1.29 is 36.9 Å². The normalized spacial score (nSPS) is 11.2. The summed E-state index contributed by atoms with van der Waals surface area (Å²) in [6.07, 6.45) is -5.06. The Hall–Kier alpha value is -2.06. The van der Waals surface area contributed by atoms with Crippen molar-refractivity contribution in [2.75, 3.05) is 7.11 Å². The van der Waals surface area contributed by atoms with Crippen LogP contribution in [-0.2, 0) is 11.4 Å². The molecule has 1 N–H and O–H groups in total. The second-order valence-electron chi connectivity index (χ2n) is 2.97. The fourth-order valence-electron chi connectivity index (χ4n) is 1.08. The Labute approximate surface area is 98.0 Å². The molecule has 0 radical (unpaired) electrons. The average molecular weight is 269 g/mol. The number of pyridine rings is 1. The van der Waals surface area contributed by atoms with Crippen molar-refractivity contribution in [3.63, 3.8) is 0 Å². The molecule has 0 bridgehead atoms. The maximum absolute atomic E-state index is 12.5. The Morgan fingerprint density at radius 1 is 1.50 bits per heavy atom. The van der Waals surface area contributed by atoms with Crippen molar-refractivity contribution in [2.24, 2.45) is 0 Å². The number of aromatic nitrogens is 1. The van der Waals surface area contributed by atoms with Crippen LogP contribution in [0, 0.1) is 0 Å². The summed E-state index contributed by atoms with van der Waals surface area (Å²) < 4.78 is 56.1. The second-order valence-corrected chi connectivity index (χ2v) is 2.97. The van der Waals surface area contributed by atoms with Crippen LogP contribution in [0.5, 0.6) is 11.5 Å². The molecule has 100 valence electrons. The lowest BCUT2D eigenvalue weighted by Gasteiger charge is -2.12. The molecule has 1 aromatic rings. The van der Waals surface area contributed by atoms with Crippen molar-refractivity contribution in [1.82, 2.24) is 4.98 Å². The molecule has 1 aromatic heterocycles. The molecule has 18 heavy (non-hydrogen) atoms. The molecule has 0 saturated carbocycles. The quantitative estimate of drug-likeness (QED) is 0.670. The monoisotopic (exact) mass is 269 g/mol. The first-order valence-electron chi connectivity index (χ1n) is 4.41. The number of esters is 1. The first-order chi connectivity index (χ1) is 8.28. The molecule has 0 aliphatic rings. The summed E-state index contributed by atoms with van der Waals surface area (Å²) in [5.41, 5.74) is -1.47. The third kappa shape index (κ3) is 3.22. The van der Waals surface area contributed by atoms with Crippen LogP contribution >= 0.6 is 0 Å². The van der Waals surface area contributed by atoms with E-state index in [-0.39, 0.29) is 0 Å². The molecule has 1 heterocycles. The minimum Gasteiger partial charge on any atom is -0.505 e. The summed E-state index contributed by atoms with van der Waals surface area (Å²) in [5.74, 6) is -3.03. The number of ether oxygens (including phenoxy) is 2. The summed E-state index contributed by atoms with van der Waals surface area (Å²) in [6.45, 7) is -1.41. The van der Waals surface area contributed by atoms with Gasteiger partial charge in [-0.3, -0.25) is 0 Å². The summed E-state index contributed by atoms with van der Waals surface area (Å²) in [6, 6.07) is 0.446. The molecule has 0 unspecified atom stereocenters. The number of carbonyl (C=O) groups is 1. The Balaban J connectivity index is 3.23. The zero-order valence-corrected chi connectivity index (χ0v) is 8.92. The number of aromatic hydroxyl groups is 1. The van der Waals surface area contributed by atoms with Crippen LogP contribution in [-0.4, -0.2) is 29.5 Å². The maximum atomic E-state index is 12.5. The van der Waals surface area contributed by atoms with Crippen LogP contribution in [0.25, 0.3) is 0 Å². The van der Waals surface area contributed by atoms with E-state index in [0.29, 0.717) is 6.07 Å². The van der Waals surface area contributed by atoms with Gasteiger partial charge in [-0.15, -0.1) is 13.2 Å². The summed E-state index contributed by atoms with van der Waals surface area (Å²) in [4.78, 5) is 14.3. The van der Waals surface area contributed by atoms with E-state index in [0.717, 1.165) is 7.11 Å². The molecule has 0 saturated heterocycles. The molecule has 0 atom stereocenters. The van der Waals surface area contributed by atoms with Gasteiger partial charge < -0.3 is 14.6 Å². The highest BCUT2D eigenvalue weighted by Gasteiger charge is 2.33. The van der Waals surface area contributed by atoms with E-state index in [1.807, 2.05) is 0 Å². The Bertz CT molecular complexity index is 461. The Kier molecular flexibility index (Phi) is 3.94. The van der Waals surface area contributed by atoms with Crippen LogP contribution in [0.2, 0.25) is 0 Å². The van der Waals surface area contributed by atoms with Gasteiger partial charge in [0.15, 0.2) is 17.2 Å². The molecule has 5 nitrogen and oxygen atoms in total. The number of halogens is 4. The minimum absolute atomic E-state index is 0.446. The standard InChI is InChI=1S/C9H7F4NO4/c1-17-8(16)7-5(15)2-6(4(3-10)14-7)18-9(11,12)13/h2,15H,3H2,1H3. The molecule has 0 aliphatic carbocycles. The fraction of sp³-hybridized carbons (Fsp3) is 0.333. The number of methoxy groups -OCH3 is 1. The van der Waals surface area contributed by atoms with Gasteiger partial charge in [0.1, 0.15) is 12.4 Å². The van der Waals surface area contributed by atoms with Crippen LogP contribution < -0.4 is 4.74 Å². The summed E-state index contributed by atoms with van der Waals surface area (Å²) in [5, 5.41) is 9.28. The van der Waals surface area contributed by atoms with Gasteiger partial charge in [-0.2, -0.15) is 0 Å². The number of carbonyl (C=O) groups excluding carboxylic acids is 1. The molecular weight excluding hydrogens is 262 g/mol. The molecular formula is C9H7F4NO4. The highest BCUT2D eigenvalue weighted by Crippen LogP contribution is 2.31. The summed E-state index contributed by atoms with van der Waals surface area (Å²) in [7, 11) is 0.971. The lowest BCUT2D eigenvalue weighted by atomic mass is 10.2. The second kappa shape index (κ2) is 5.07. The van der Waals surface area contributed by atoms with Gasteiger partial charge in [0.05, 0.1) is 7.11 Å². The third-order valence-electron chi connectivity index (χ3n) is 1.77. The molecule has 0 spiro atoms. The highest BCUT2D eigenvalue weighted by molar-refractivity contribution is 5.90. The topological polar surface area (TPSA) is 68.7 Å². The minimum atomic E-state index is -5.06. The largest absolute Gasteiger partial charge is 0.573 e. The zero-order valence-electron chi connectivity index (χ0n) is 8.92. The number of hydrogen-bond acceptors (Lipinski definition) is 5. The molecule has 1 rings (SSSR count). The number of nitrogens with zero attached hydrogens (tertiary/aromatic N) is 1. The van der Waals surface area contributed by atoms with E-state index in [1.165, 1.54) is 0 Å². The highest BCUT2D eigenvalue weighted by atomic mass is 19.4. The zero-order chi connectivity index (χ0) is 13.9. The van der Waals surface area contributed by atoms with Crippen LogP contribution in [0.3, 0.4) is 0 Å². The number of alkyl halides is 4. The van der Waals surface area contributed by atoms with Gasteiger partial charge in [0.2, 0.25) is 0 Å².